The van der Waals surface area contributed by atoms with Crippen molar-refractivity contribution in [2.24, 2.45) is 5.92 Å². The Labute approximate surface area is 172 Å². The van der Waals surface area contributed by atoms with Crippen LogP contribution in [0.4, 0.5) is 13.2 Å². The van der Waals surface area contributed by atoms with Crippen LogP contribution in [0, 0.1) is 5.92 Å². The predicted octanol–water partition coefficient (Wildman–Crippen LogP) is 2.69. The minimum atomic E-state index is -5.08. The third-order valence-electron chi connectivity index (χ3n) is 5.10. The van der Waals surface area contributed by atoms with Crippen LogP contribution in [0.25, 0.3) is 0 Å². The molecule has 0 bridgehead atoms. The maximum Gasteiger partial charge on any atom is 0.490 e. The van der Waals surface area contributed by atoms with Crippen LogP contribution in [-0.2, 0) is 29.2 Å². The van der Waals surface area contributed by atoms with Crippen molar-refractivity contribution in [2.45, 2.75) is 52.1 Å². The molecule has 0 saturated carbocycles. The van der Waals surface area contributed by atoms with Gasteiger partial charge in [0.15, 0.2) is 0 Å². The average Bonchev–Trinajstić information content (AvgIpc) is 3.42. The molecule has 1 saturated heterocycles. The van der Waals surface area contributed by atoms with E-state index in [2.05, 4.69) is 28.5 Å². The number of carboxylic acid groups (broad SMARTS) is 1. The fraction of sp³-hybridized carbons (Fsp3) is 0.632. The molecule has 30 heavy (non-hydrogen) atoms. The van der Waals surface area contributed by atoms with Crippen LogP contribution < -0.4 is 0 Å². The Morgan fingerprint density at radius 2 is 2.10 bits per heavy atom. The van der Waals surface area contributed by atoms with E-state index >= 15 is 0 Å². The predicted molar refractivity (Wildman–Crippen MR) is 101 cm³/mol. The number of aliphatic carboxylic acids is 1. The molecule has 2 aromatic rings. The van der Waals surface area contributed by atoms with Gasteiger partial charge in [-0.2, -0.15) is 23.4 Å². The summed E-state index contributed by atoms with van der Waals surface area (Å²) in [7, 11) is 0. The lowest BCUT2D eigenvalue weighted by atomic mass is 10.1. The Morgan fingerprint density at radius 3 is 2.63 bits per heavy atom. The number of alkyl halides is 3. The molecule has 166 valence electrons. The Kier molecular flexibility index (Phi) is 6.81. The lowest BCUT2D eigenvalue weighted by Crippen LogP contribution is -2.26. The summed E-state index contributed by atoms with van der Waals surface area (Å²) < 4.78 is 41.4. The second-order valence-corrected chi connectivity index (χ2v) is 7.82. The Bertz CT molecular complexity index is 842. The lowest BCUT2D eigenvalue weighted by Gasteiger charge is -2.20. The van der Waals surface area contributed by atoms with Crippen LogP contribution in [-0.4, -0.2) is 61.5 Å². The number of rotatable bonds is 5. The molecule has 0 spiro atoms. The SMILES string of the molecule is CC(C)n1nc(Cn2cccn2)c2c1CN(CC1CCOC1)C2.O=C(O)C(F)(F)F. The first-order valence-electron chi connectivity index (χ1n) is 9.82. The molecule has 2 aliphatic rings. The standard InChI is InChI=1S/C17H25N5O.C2HF3O2/c1-13(2)22-17-11-20(8-14-4-7-23-12-14)9-15(17)16(19-22)10-21-6-3-5-18-21;3-2(4,5)1(6)7/h3,5-6,13-14H,4,7-12H2,1-2H3;(H,6,7). The van der Waals surface area contributed by atoms with Gasteiger partial charge < -0.3 is 9.84 Å². The number of hydrogen-bond acceptors (Lipinski definition) is 5. The fourth-order valence-corrected chi connectivity index (χ4v) is 3.72. The molecule has 0 aromatic carbocycles. The molecule has 1 atom stereocenters. The van der Waals surface area contributed by atoms with Crippen LogP contribution in [0.2, 0.25) is 0 Å². The molecule has 1 unspecified atom stereocenters. The van der Waals surface area contributed by atoms with Gasteiger partial charge in [0, 0.05) is 50.2 Å². The van der Waals surface area contributed by atoms with E-state index in [1.807, 2.05) is 23.1 Å². The minimum Gasteiger partial charge on any atom is -0.475 e. The highest BCUT2D eigenvalue weighted by atomic mass is 19.4. The van der Waals surface area contributed by atoms with E-state index in [1.165, 1.54) is 23.4 Å². The summed E-state index contributed by atoms with van der Waals surface area (Å²) >= 11 is 0. The number of halogens is 3. The minimum absolute atomic E-state index is 0.393. The molecule has 0 amide bonds. The van der Waals surface area contributed by atoms with Crippen molar-refractivity contribution in [1.29, 1.82) is 0 Å². The van der Waals surface area contributed by atoms with E-state index in [9.17, 15) is 13.2 Å². The van der Waals surface area contributed by atoms with Crippen LogP contribution in [0.1, 0.15) is 43.3 Å². The van der Waals surface area contributed by atoms with Crippen LogP contribution >= 0.6 is 0 Å². The molecular weight excluding hydrogens is 403 g/mol. The highest BCUT2D eigenvalue weighted by Crippen LogP contribution is 2.30. The summed E-state index contributed by atoms with van der Waals surface area (Å²) in [5.41, 5.74) is 3.97. The molecule has 0 radical (unpaired) electrons. The smallest absolute Gasteiger partial charge is 0.475 e. The maximum absolute atomic E-state index is 10.6. The Morgan fingerprint density at radius 1 is 1.37 bits per heavy atom. The molecule has 2 aromatic heterocycles. The molecule has 11 heteroatoms. The van der Waals surface area contributed by atoms with Gasteiger partial charge in [-0.05, 0) is 32.3 Å². The van der Waals surface area contributed by atoms with Gasteiger partial charge in [0.2, 0.25) is 0 Å². The normalized spacial score (nSPS) is 19.1. The van der Waals surface area contributed by atoms with Crippen molar-refractivity contribution in [3.05, 3.63) is 35.4 Å². The van der Waals surface area contributed by atoms with Crippen LogP contribution in [0.15, 0.2) is 18.5 Å². The monoisotopic (exact) mass is 429 g/mol. The Hall–Kier alpha value is -2.40. The van der Waals surface area contributed by atoms with E-state index < -0.39 is 12.1 Å². The Balaban J connectivity index is 0.000000318. The molecule has 0 aliphatic carbocycles. The largest absolute Gasteiger partial charge is 0.490 e. The van der Waals surface area contributed by atoms with Crippen molar-refractivity contribution in [3.63, 3.8) is 0 Å². The molecule has 1 N–H and O–H groups in total. The zero-order valence-electron chi connectivity index (χ0n) is 17.0. The van der Waals surface area contributed by atoms with Crippen LogP contribution in [0.5, 0.6) is 0 Å². The first-order valence-corrected chi connectivity index (χ1v) is 9.82. The third kappa shape index (κ3) is 5.39. The number of nitrogens with zero attached hydrogens (tertiary/aromatic N) is 5. The molecular formula is C19H26F3N5O3. The highest BCUT2D eigenvalue weighted by Gasteiger charge is 2.38. The molecule has 8 nitrogen and oxygen atoms in total. The summed E-state index contributed by atoms with van der Waals surface area (Å²) in [4.78, 5) is 11.4. The second-order valence-electron chi connectivity index (χ2n) is 7.82. The van der Waals surface area contributed by atoms with E-state index in [1.54, 1.807) is 0 Å². The topological polar surface area (TPSA) is 85.4 Å². The van der Waals surface area contributed by atoms with E-state index in [0.29, 0.717) is 12.0 Å². The summed E-state index contributed by atoms with van der Waals surface area (Å²) in [6.07, 6.45) is -0.0568. The van der Waals surface area contributed by atoms with Gasteiger partial charge >= 0.3 is 12.1 Å². The fourth-order valence-electron chi connectivity index (χ4n) is 3.72. The van der Waals surface area contributed by atoms with Crippen molar-refractivity contribution in [2.75, 3.05) is 19.8 Å². The molecule has 4 heterocycles. The number of aromatic nitrogens is 4. The summed E-state index contributed by atoms with van der Waals surface area (Å²) in [5, 5.41) is 16.3. The van der Waals surface area contributed by atoms with Gasteiger partial charge in [0.1, 0.15) is 0 Å². The molecule has 4 rings (SSSR count). The quantitative estimate of drug-likeness (QED) is 0.787. The lowest BCUT2D eigenvalue weighted by molar-refractivity contribution is -0.192. The van der Waals surface area contributed by atoms with Gasteiger partial charge in [-0.1, -0.05) is 0 Å². The van der Waals surface area contributed by atoms with Gasteiger partial charge in [-0.25, -0.2) is 4.79 Å². The number of hydrogen-bond donors (Lipinski definition) is 1. The van der Waals surface area contributed by atoms with E-state index in [0.717, 1.165) is 39.4 Å². The van der Waals surface area contributed by atoms with Crippen molar-refractivity contribution in [3.8, 4) is 0 Å². The van der Waals surface area contributed by atoms with Gasteiger partial charge in [-0.3, -0.25) is 14.3 Å². The third-order valence-corrected chi connectivity index (χ3v) is 5.10. The van der Waals surface area contributed by atoms with Crippen molar-refractivity contribution < 1.29 is 27.8 Å². The van der Waals surface area contributed by atoms with Crippen LogP contribution in [0.3, 0.4) is 0 Å². The first-order chi connectivity index (χ1) is 14.1. The highest BCUT2D eigenvalue weighted by molar-refractivity contribution is 5.73. The zero-order valence-corrected chi connectivity index (χ0v) is 17.0. The number of fused-ring (bicyclic) bond motifs is 1. The first kappa shape index (κ1) is 22.3. The summed E-state index contributed by atoms with van der Waals surface area (Å²) in [6, 6.07) is 2.36. The average molecular weight is 429 g/mol. The second kappa shape index (κ2) is 9.17. The maximum atomic E-state index is 10.6. The molecule has 2 aliphatic heterocycles. The summed E-state index contributed by atoms with van der Waals surface area (Å²) in [6.45, 7) is 10.2. The number of carboxylic acids is 1. The van der Waals surface area contributed by atoms with Crippen molar-refractivity contribution in [1.82, 2.24) is 24.5 Å². The zero-order chi connectivity index (χ0) is 21.9. The number of ether oxygens (including phenoxy) is 1. The van der Waals surface area contributed by atoms with Crippen molar-refractivity contribution >= 4 is 5.97 Å². The summed E-state index contributed by atoms with van der Waals surface area (Å²) in [5.74, 6) is -2.07. The van der Waals surface area contributed by atoms with E-state index in [4.69, 9.17) is 19.7 Å². The van der Waals surface area contributed by atoms with Gasteiger partial charge in [0.05, 0.1) is 24.5 Å². The number of carbonyl (C=O) groups is 1. The van der Waals surface area contributed by atoms with Gasteiger partial charge in [-0.15, -0.1) is 0 Å². The van der Waals surface area contributed by atoms with E-state index in [-0.39, 0.29) is 0 Å². The molecule has 1 fully saturated rings. The van der Waals surface area contributed by atoms with Gasteiger partial charge in [0.25, 0.3) is 0 Å².